The first kappa shape index (κ1) is 10.7. The Morgan fingerprint density at radius 1 is 1.20 bits per heavy atom. The molecule has 1 aliphatic heterocycles. The van der Waals surface area contributed by atoms with Crippen LogP contribution in [0.4, 0.5) is 0 Å². The fourth-order valence-electron chi connectivity index (χ4n) is 2.31. The van der Waals surface area contributed by atoms with Crippen LogP contribution in [0.15, 0.2) is 30.3 Å². The molecule has 1 fully saturated rings. The van der Waals surface area contributed by atoms with Gasteiger partial charge in [0.15, 0.2) is 0 Å². The van der Waals surface area contributed by atoms with E-state index < -0.39 is 0 Å². The van der Waals surface area contributed by atoms with Crippen LogP contribution in [-0.2, 0) is 6.42 Å². The van der Waals surface area contributed by atoms with Crippen LogP contribution in [0.1, 0.15) is 24.8 Å². The minimum atomic E-state index is -0.0438. The van der Waals surface area contributed by atoms with Gasteiger partial charge in [0.25, 0.3) is 0 Å². The molecule has 0 aromatic heterocycles. The van der Waals surface area contributed by atoms with Gasteiger partial charge in [0, 0.05) is 12.1 Å². The third kappa shape index (κ3) is 3.05. The number of hydrogen-bond acceptors (Lipinski definition) is 2. The number of rotatable bonds is 2. The average Bonchev–Trinajstić information content (AvgIpc) is 2.45. The lowest BCUT2D eigenvalue weighted by molar-refractivity contribution is 0.388. The van der Waals surface area contributed by atoms with Gasteiger partial charge >= 0.3 is 0 Å². The fourth-order valence-corrected chi connectivity index (χ4v) is 2.31. The molecule has 2 nitrogen and oxygen atoms in total. The highest BCUT2D eigenvalue weighted by Crippen LogP contribution is 2.19. The summed E-state index contributed by atoms with van der Waals surface area (Å²) in [5.41, 5.74) is 7.74. The first-order valence-corrected chi connectivity index (χ1v) is 5.82. The number of benzene rings is 1. The van der Waals surface area contributed by atoms with Crippen molar-refractivity contribution in [3.05, 3.63) is 35.9 Å². The molecular weight excluding hydrogens is 184 g/mol. The first-order chi connectivity index (χ1) is 7.29. The standard InChI is InChI=1S/C13H20N2/c14-13(8-4-5-9-15-11-13)10-12-6-2-1-3-7-12/h1-3,6-7,15H,4-5,8-11,14H2. The summed E-state index contributed by atoms with van der Waals surface area (Å²) in [5, 5.41) is 3.43. The molecule has 1 saturated heterocycles. The summed E-state index contributed by atoms with van der Waals surface area (Å²) < 4.78 is 0. The van der Waals surface area contributed by atoms with E-state index in [4.69, 9.17) is 5.73 Å². The van der Waals surface area contributed by atoms with Crippen molar-refractivity contribution in [3.63, 3.8) is 0 Å². The molecule has 2 heteroatoms. The summed E-state index contributed by atoms with van der Waals surface area (Å²) in [6.07, 6.45) is 4.62. The Morgan fingerprint density at radius 2 is 2.00 bits per heavy atom. The third-order valence-electron chi connectivity index (χ3n) is 3.15. The second-order valence-electron chi connectivity index (χ2n) is 4.66. The Morgan fingerprint density at radius 3 is 2.80 bits per heavy atom. The van der Waals surface area contributed by atoms with Crippen LogP contribution >= 0.6 is 0 Å². The van der Waals surface area contributed by atoms with Gasteiger partial charge in [-0.05, 0) is 31.4 Å². The highest BCUT2D eigenvalue weighted by Gasteiger charge is 2.26. The van der Waals surface area contributed by atoms with Crippen molar-refractivity contribution in [1.29, 1.82) is 0 Å². The van der Waals surface area contributed by atoms with Gasteiger partial charge in [0.1, 0.15) is 0 Å². The Hall–Kier alpha value is -0.860. The highest BCUT2D eigenvalue weighted by atomic mass is 14.9. The van der Waals surface area contributed by atoms with Crippen LogP contribution < -0.4 is 11.1 Å². The zero-order valence-electron chi connectivity index (χ0n) is 9.21. The lowest BCUT2D eigenvalue weighted by Crippen LogP contribution is -2.49. The number of hydrogen-bond donors (Lipinski definition) is 2. The van der Waals surface area contributed by atoms with E-state index in [1.807, 2.05) is 0 Å². The Labute approximate surface area is 91.9 Å². The smallest absolute Gasteiger partial charge is 0.0321 e. The van der Waals surface area contributed by atoms with Crippen LogP contribution in [0.5, 0.6) is 0 Å². The normalized spacial score (nSPS) is 27.3. The van der Waals surface area contributed by atoms with Gasteiger partial charge in [0.2, 0.25) is 0 Å². The van der Waals surface area contributed by atoms with Gasteiger partial charge in [-0.15, -0.1) is 0 Å². The van der Waals surface area contributed by atoms with Crippen molar-refractivity contribution in [2.24, 2.45) is 5.73 Å². The highest BCUT2D eigenvalue weighted by molar-refractivity contribution is 5.18. The molecule has 1 aromatic rings. The second kappa shape index (κ2) is 4.77. The Bertz CT molecular complexity index is 287. The van der Waals surface area contributed by atoms with E-state index in [9.17, 15) is 0 Å². The molecule has 0 aliphatic carbocycles. The molecular formula is C13H20N2. The fraction of sp³-hybridized carbons (Fsp3) is 0.538. The van der Waals surface area contributed by atoms with E-state index in [1.165, 1.54) is 18.4 Å². The minimum Gasteiger partial charge on any atom is -0.324 e. The van der Waals surface area contributed by atoms with E-state index in [2.05, 4.69) is 35.6 Å². The molecule has 1 heterocycles. The molecule has 3 N–H and O–H groups in total. The first-order valence-electron chi connectivity index (χ1n) is 5.82. The zero-order chi connectivity index (χ0) is 10.6. The van der Waals surface area contributed by atoms with Crippen LogP contribution in [0, 0.1) is 0 Å². The lowest BCUT2D eigenvalue weighted by Gasteiger charge is -2.28. The molecule has 0 radical (unpaired) electrons. The van der Waals surface area contributed by atoms with Gasteiger partial charge in [0.05, 0.1) is 0 Å². The summed E-state index contributed by atoms with van der Waals surface area (Å²) in [6.45, 7) is 2.07. The van der Waals surface area contributed by atoms with Crippen molar-refractivity contribution >= 4 is 0 Å². The number of nitrogens with one attached hydrogen (secondary N) is 1. The monoisotopic (exact) mass is 204 g/mol. The number of nitrogens with two attached hydrogens (primary N) is 1. The zero-order valence-corrected chi connectivity index (χ0v) is 9.21. The average molecular weight is 204 g/mol. The topological polar surface area (TPSA) is 38.0 Å². The third-order valence-corrected chi connectivity index (χ3v) is 3.15. The van der Waals surface area contributed by atoms with E-state index in [1.54, 1.807) is 0 Å². The molecule has 0 saturated carbocycles. The maximum atomic E-state index is 6.43. The van der Waals surface area contributed by atoms with Crippen molar-refractivity contribution in [2.75, 3.05) is 13.1 Å². The van der Waals surface area contributed by atoms with Crippen molar-refractivity contribution < 1.29 is 0 Å². The second-order valence-corrected chi connectivity index (χ2v) is 4.66. The van der Waals surface area contributed by atoms with Gasteiger partial charge in [-0.25, -0.2) is 0 Å². The summed E-state index contributed by atoms with van der Waals surface area (Å²) in [5.74, 6) is 0. The molecule has 82 valence electrons. The largest absolute Gasteiger partial charge is 0.324 e. The van der Waals surface area contributed by atoms with E-state index in [-0.39, 0.29) is 5.54 Å². The molecule has 0 spiro atoms. The summed E-state index contributed by atoms with van der Waals surface area (Å²) in [4.78, 5) is 0. The van der Waals surface area contributed by atoms with Crippen molar-refractivity contribution in [1.82, 2.24) is 5.32 Å². The van der Waals surface area contributed by atoms with Gasteiger partial charge in [-0.2, -0.15) is 0 Å². The van der Waals surface area contributed by atoms with Crippen molar-refractivity contribution in [3.8, 4) is 0 Å². The van der Waals surface area contributed by atoms with Gasteiger partial charge < -0.3 is 11.1 Å². The summed E-state index contributed by atoms with van der Waals surface area (Å²) >= 11 is 0. The van der Waals surface area contributed by atoms with E-state index >= 15 is 0 Å². The van der Waals surface area contributed by atoms with Crippen LogP contribution in [0.3, 0.4) is 0 Å². The van der Waals surface area contributed by atoms with Crippen LogP contribution in [0.25, 0.3) is 0 Å². The summed E-state index contributed by atoms with van der Waals surface area (Å²) in [7, 11) is 0. The predicted octanol–water partition coefficient (Wildman–Crippen LogP) is 1.70. The molecule has 0 bridgehead atoms. The van der Waals surface area contributed by atoms with E-state index in [0.29, 0.717) is 0 Å². The van der Waals surface area contributed by atoms with Crippen LogP contribution in [-0.4, -0.2) is 18.6 Å². The molecule has 0 amide bonds. The molecule has 1 aliphatic rings. The van der Waals surface area contributed by atoms with Gasteiger partial charge in [-0.1, -0.05) is 36.8 Å². The predicted molar refractivity (Wildman–Crippen MR) is 63.8 cm³/mol. The Balaban J connectivity index is 2.02. The lowest BCUT2D eigenvalue weighted by atomic mass is 9.87. The minimum absolute atomic E-state index is 0.0438. The SMILES string of the molecule is NC1(Cc2ccccc2)CCCCNC1. The molecule has 2 rings (SSSR count). The molecule has 15 heavy (non-hydrogen) atoms. The quantitative estimate of drug-likeness (QED) is 0.769. The molecule has 1 atom stereocenters. The molecule has 1 unspecified atom stereocenters. The van der Waals surface area contributed by atoms with E-state index in [0.717, 1.165) is 25.9 Å². The maximum absolute atomic E-state index is 6.43. The van der Waals surface area contributed by atoms with Gasteiger partial charge in [-0.3, -0.25) is 0 Å². The molecule has 1 aromatic carbocycles. The van der Waals surface area contributed by atoms with Crippen LogP contribution in [0.2, 0.25) is 0 Å². The maximum Gasteiger partial charge on any atom is 0.0321 e. The summed E-state index contributed by atoms with van der Waals surface area (Å²) in [6, 6.07) is 10.6. The van der Waals surface area contributed by atoms with Crippen molar-refractivity contribution in [2.45, 2.75) is 31.2 Å². The Kier molecular flexibility index (Phi) is 3.39.